The molecule has 3 unspecified atom stereocenters. The van der Waals surface area contributed by atoms with E-state index in [1.807, 2.05) is 17.9 Å². The molecule has 0 bridgehead atoms. The van der Waals surface area contributed by atoms with Gasteiger partial charge in [-0.1, -0.05) is 19.9 Å². The number of nitrogens with zero attached hydrogens (tertiary/aromatic N) is 1. The summed E-state index contributed by atoms with van der Waals surface area (Å²) in [6, 6.07) is -1.50. The van der Waals surface area contributed by atoms with Crippen LogP contribution in [0, 0.1) is 0 Å². The molecule has 16 heteroatoms. The van der Waals surface area contributed by atoms with Crippen LogP contribution in [0.5, 0.6) is 0 Å². The zero-order valence-corrected chi connectivity index (χ0v) is 34.7. The summed E-state index contributed by atoms with van der Waals surface area (Å²) in [5, 5.41) is 40.9. The first-order valence-corrected chi connectivity index (χ1v) is 21.1. The van der Waals surface area contributed by atoms with Gasteiger partial charge in [-0.15, -0.1) is 0 Å². The number of aliphatic hydroxyl groups is 3. The molecular formula is C40H59N4O11P. The maximum atomic E-state index is 14.6. The second-order valence-electron chi connectivity index (χ2n) is 16.2. The van der Waals surface area contributed by atoms with Crippen LogP contribution in [-0.4, -0.2) is 106 Å². The van der Waals surface area contributed by atoms with Crippen LogP contribution in [0.15, 0.2) is 69.3 Å². The number of nitrogens with one attached hydrogen (secondary N) is 3. The minimum absolute atomic E-state index is 0.0231. The third-order valence-electron chi connectivity index (χ3n) is 10.4. The highest BCUT2D eigenvalue weighted by Gasteiger charge is 2.43. The Kier molecular flexibility index (Phi) is 13.5. The molecule has 15 nitrogen and oxygen atoms in total. The minimum Gasteiger partial charge on any atom is -0.462 e. The third kappa shape index (κ3) is 9.86. The number of carbonyl (C=O) groups is 3. The molecule has 3 heterocycles. The van der Waals surface area contributed by atoms with Crippen LogP contribution in [0.4, 0.5) is 4.79 Å². The van der Waals surface area contributed by atoms with Gasteiger partial charge in [0.15, 0.2) is 5.78 Å². The van der Waals surface area contributed by atoms with Gasteiger partial charge in [0.25, 0.3) is 0 Å². The van der Waals surface area contributed by atoms with Crippen molar-refractivity contribution in [2.45, 2.75) is 135 Å². The van der Waals surface area contributed by atoms with Gasteiger partial charge in [0.2, 0.25) is 0 Å². The molecule has 6 N–H and O–H groups in total. The van der Waals surface area contributed by atoms with E-state index in [0.29, 0.717) is 44.3 Å². The molecule has 56 heavy (non-hydrogen) atoms. The number of hydrogen-bond acceptors (Lipinski definition) is 13. The van der Waals surface area contributed by atoms with Crippen LogP contribution < -0.4 is 15.7 Å². The Hall–Kier alpha value is -3.72. The lowest BCUT2D eigenvalue weighted by molar-refractivity contribution is -0.149. The Labute approximate surface area is 329 Å². The Morgan fingerprint density at radius 3 is 2.34 bits per heavy atom. The van der Waals surface area contributed by atoms with Crippen molar-refractivity contribution >= 4 is 25.6 Å². The lowest BCUT2D eigenvalue weighted by Crippen LogP contribution is -2.42. The highest BCUT2D eigenvalue weighted by atomic mass is 31.2. The van der Waals surface area contributed by atoms with Crippen LogP contribution in [-0.2, 0) is 32.7 Å². The number of ether oxygens (including phenoxy) is 2. The second kappa shape index (κ2) is 17.4. The molecule has 5 rings (SSSR count). The van der Waals surface area contributed by atoms with Crippen LogP contribution in [0.2, 0.25) is 0 Å². The number of aliphatic hydroxyl groups excluding tert-OH is 2. The van der Waals surface area contributed by atoms with Crippen molar-refractivity contribution in [3.63, 3.8) is 0 Å². The summed E-state index contributed by atoms with van der Waals surface area (Å²) in [5.41, 5.74) is 2.20. The van der Waals surface area contributed by atoms with E-state index >= 15 is 0 Å². The van der Waals surface area contributed by atoms with Crippen LogP contribution in [0.1, 0.15) is 93.9 Å². The van der Waals surface area contributed by atoms with E-state index < -0.39 is 56.4 Å². The first-order valence-electron chi connectivity index (χ1n) is 19.6. The van der Waals surface area contributed by atoms with Gasteiger partial charge in [-0.05, 0) is 115 Å². The van der Waals surface area contributed by atoms with Crippen molar-refractivity contribution in [3.8, 4) is 0 Å². The lowest BCUT2D eigenvalue weighted by Gasteiger charge is -2.34. The number of Topliss-reactive ketones (excluding diaryl/α,β-unsaturated/α-hetero) is 1. The lowest BCUT2D eigenvalue weighted by atomic mass is 9.84. The Morgan fingerprint density at radius 2 is 1.75 bits per heavy atom. The number of ketones is 1. The fourth-order valence-electron chi connectivity index (χ4n) is 7.61. The number of dihydropyridines is 1. The molecule has 0 radical (unpaired) electrons. The van der Waals surface area contributed by atoms with Gasteiger partial charge in [-0.25, -0.2) is 9.36 Å². The van der Waals surface area contributed by atoms with Gasteiger partial charge >= 0.3 is 19.8 Å². The molecule has 0 aromatic rings. The minimum atomic E-state index is -4.22. The fraction of sp³-hybridized carbons (Fsp3) is 0.625. The van der Waals surface area contributed by atoms with Crippen molar-refractivity contribution in [1.82, 2.24) is 20.6 Å². The van der Waals surface area contributed by atoms with Crippen LogP contribution in [0.25, 0.3) is 0 Å². The zero-order valence-electron chi connectivity index (χ0n) is 33.8. The summed E-state index contributed by atoms with van der Waals surface area (Å²) in [4.78, 5) is 40.5. The first kappa shape index (κ1) is 43.4. The van der Waals surface area contributed by atoms with Crippen molar-refractivity contribution in [2.75, 3.05) is 26.3 Å². The molecule has 1 amide bonds. The molecule has 310 valence electrons. The van der Waals surface area contributed by atoms with Gasteiger partial charge in [0.1, 0.15) is 23.0 Å². The van der Waals surface area contributed by atoms with E-state index in [9.17, 15) is 34.3 Å². The number of fused-ring (bicyclic) bond motifs is 3. The number of carbonyl (C=O) groups excluding carboxylic acids is 3. The Balaban J connectivity index is 1.42. The molecule has 2 aliphatic carbocycles. The fourth-order valence-corrected chi connectivity index (χ4v) is 9.34. The van der Waals surface area contributed by atoms with Gasteiger partial charge in [0.05, 0.1) is 49.4 Å². The van der Waals surface area contributed by atoms with Crippen LogP contribution >= 0.6 is 7.75 Å². The molecule has 0 aromatic carbocycles. The van der Waals surface area contributed by atoms with Gasteiger partial charge in [-0.3, -0.25) is 14.1 Å². The number of alkyl carbamates (subject to hydrolysis) is 1. The number of hydrogen-bond donors (Lipinski definition) is 6. The molecule has 1 saturated carbocycles. The van der Waals surface area contributed by atoms with Crippen molar-refractivity contribution in [3.05, 3.63) is 69.3 Å². The zero-order chi connectivity index (χ0) is 41.2. The predicted octanol–water partition coefficient (Wildman–Crippen LogP) is 4.48. The highest BCUT2D eigenvalue weighted by Crippen LogP contribution is 2.51. The Bertz CT molecular complexity index is 1790. The molecule has 0 spiro atoms. The molecule has 3 aliphatic heterocycles. The second-order valence-corrected chi connectivity index (χ2v) is 17.9. The normalized spacial score (nSPS) is 25.2. The summed E-state index contributed by atoms with van der Waals surface area (Å²) in [6.45, 7) is 13.3. The molecule has 0 saturated heterocycles. The number of esters is 1. The first-order chi connectivity index (χ1) is 26.3. The molecule has 0 aromatic heterocycles. The largest absolute Gasteiger partial charge is 0.462 e. The highest BCUT2D eigenvalue weighted by molar-refractivity contribution is 7.51. The average molecular weight is 803 g/mol. The van der Waals surface area contributed by atoms with E-state index in [1.165, 1.54) is 6.92 Å². The van der Waals surface area contributed by atoms with Crippen molar-refractivity contribution < 1.29 is 52.8 Å². The summed E-state index contributed by atoms with van der Waals surface area (Å²) in [6.07, 6.45) is 8.50. The van der Waals surface area contributed by atoms with E-state index in [4.69, 9.17) is 18.5 Å². The van der Waals surface area contributed by atoms with E-state index in [2.05, 4.69) is 15.7 Å². The SMILES string of the molecule is CCC1=C2C=C(OP(=O)(NC(C)C(=O)OC(C)C)OC3CCC(NC(=O)OC(C)(C)C)CC3)C=CC2NC2=C1CN1CC(=O)C(CO)=C([C@@](O)(CC)CO)C=C21. The smallest absolute Gasteiger partial charge is 0.459 e. The average Bonchev–Trinajstić information content (AvgIpc) is 3.37. The number of amides is 1. The maximum Gasteiger partial charge on any atom is 0.459 e. The van der Waals surface area contributed by atoms with Gasteiger partial charge < -0.3 is 44.9 Å². The summed E-state index contributed by atoms with van der Waals surface area (Å²) >= 11 is 0. The van der Waals surface area contributed by atoms with E-state index in [1.54, 1.807) is 59.8 Å². The molecular weight excluding hydrogens is 743 g/mol. The topological polar surface area (TPSA) is 205 Å². The van der Waals surface area contributed by atoms with Gasteiger partial charge in [-0.2, -0.15) is 5.09 Å². The molecule has 4 atom stereocenters. The summed E-state index contributed by atoms with van der Waals surface area (Å²) in [7, 11) is -4.22. The molecule has 5 aliphatic rings. The quantitative estimate of drug-likeness (QED) is 0.106. The molecule has 1 fully saturated rings. The summed E-state index contributed by atoms with van der Waals surface area (Å²) < 4.78 is 37.8. The maximum absolute atomic E-state index is 14.6. The van der Waals surface area contributed by atoms with Crippen molar-refractivity contribution in [1.29, 1.82) is 0 Å². The predicted molar refractivity (Wildman–Crippen MR) is 209 cm³/mol. The van der Waals surface area contributed by atoms with Gasteiger partial charge in [0, 0.05) is 23.7 Å². The number of rotatable bonds is 14. The monoisotopic (exact) mass is 802 g/mol. The third-order valence-corrected chi connectivity index (χ3v) is 12.2. The Morgan fingerprint density at radius 1 is 1.05 bits per heavy atom. The van der Waals surface area contributed by atoms with E-state index in [-0.39, 0.29) is 53.8 Å². The number of allylic oxidation sites excluding steroid dienone is 1. The van der Waals surface area contributed by atoms with E-state index in [0.717, 1.165) is 22.4 Å². The van der Waals surface area contributed by atoms with Crippen molar-refractivity contribution in [2.24, 2.45) is 0 Å². The summed E-state index contributed by atoms with van der Waals surface area (Å²) in [5.74, 6) is -0.695. The van der Waals surface area contributed by atoms with Crippen LogP contribution in [0.3, 0.4) is 0 Å². The standard InChI is InChI=1S/C40H59N4O11P/c1-9-28-29-17-27(15-16-33(29)42-36-30(28)19-44-20-35(47)31(21-45)32(18-34(36)44)40(50,10-2)22-46)55-56(51,43-24(5)37(48)52-23(3)4)54-26-13-11-25(12-14-26)41-38(49)53-39(6,7)8/h15-18,23-26,33,42,45-46,50H,9-14,19-22H2,1-8H3,(H,41,49)(H,43,51)/t24?,25?,26?,33?,40-,56?/m1/s1.